The highest BCUT2D eigenvalue weighted by molar-refractivity contribution is 7.91. The number of hydrogen-bond donors (Lipinski definition) is 1. The molecule has 0 radical (unpaired) electrons. The summed E-state index contributed by atoms with van der Waals surface area (Å²) < 4.78 is 37.4. The Kier molecular flexibility index (Phi) is 6.43. The van der Waals surface area contributed by atoms with Crippen molar-refractivity contribution in [3.63, 3.8) is 0 Å². The van der Waals surface area contributed by atoms with Crippen molar-refractivity contribution in [3.05, 3.63) is 34.6 Å². The molecule has 0 aliphatic heterocycles. The van der Waals surface area contributed by atoms with Gasteiger partial charge in [-0.25, -0.2) is 12.8 Å². The lowest BCUT2D eigenvalue weighted by molar-refractivity contribution is 0.473. The van der Waals surface area contributed by atoms with Crippen LogP contribution in [-0.2, 0) is 16.3 Å². The lowest BCUT2D eigenvalue weighted by Crippen LogP contribution is -2.44. The summed E-state index contributed by atoms with van der Waals surface area (Å²) in [5, 5.41) is 2.65. The quantitative estimate of drug-likeness (QED) is 0.840. The van der Waals surface area contributed by atoms with Crippen molar-refractivity contribution in [2.45, 2.75) is 38.0 Å². The Balaban J connectivity index is 2.97. The Bertz CT molecular complexity index is 548. The number of rotatable bonds is 7. The van der Waals surface area contributed by atoms with E-state index in [0.29, 0.717) is 18.5 Å². The van der Waals surface area contributed by atoms with E-state index < -0.39 is 20.9 Å². The molecule has 1 N–H and O–H groups in total. The molecule has 0 heterocycles. The monoisotopic (exact) mass is 321 g/mol. The predicted molar refractivity (Wildman–Crippen MR) is 81.5 cm³/mol. The van der Waals surface area contributed by atoms with Crippen molar-refractivity contribution in [1.82, 2.24) is 5.32 Å². The summed E-state index contributed by atoms with van der Waals surface area (Å²) in [6.07, 6.45) is 2.37. The SMILES string of the molecule is CCCNC(Cc1cccc(Cl)c1F)C(C)S(C)(=O)=O. The molecule has 0 spiro atoms. The molecule has 0 saturated carbocycles. The van der Waals surface area contributed by atoms with E-state index in [1.165, 1.54) is 12.3 Å². The fourth-order valence-corrected chi connectivity index (χ4v) is 2.96. The van der Waals surface area contributed by atoms with Crippen LogP contribution in [0.2, 0.25) is 5.02 Å². The second-order valence-corrected chi connectivity index (χ2v) is 7.82. The number of hydrogen-bond acceptors (Lipinski definition) is 3. The van der Waals surface area contributed by atoms with E-state index in [4.69, 9.17) is 11.6 Å². The van der Waals surface area contributed by atoms with Crippen molar-refractivity contribution >= 4 is 21.4 Å². The maximum absolute atomic E-state index is 13.9. The van der Waals surface area contributed by atoms with Crippen LogP contribution in [0.15, 0.2) is 18.2 Å². The first kappa shape index (κ1) is 17.4. The zero-order chi connectivity index (χ0) is 15.3. The molecule has 1 aromatic carbocycles. The number of halogens is 2. The first-order chi connectivity index (χ1) is 9.27. The lowest BCUT2D eigenvalue weighted by Gasteiger charge is -2.24. The highest BCUT2D eigenvalue weighted by Crippen LogP contribution is 2.20. The molecule has 6 heteroatoms. The van der Waals surface area contributed by atoms with E-state index >= 15 is 0 Å². The van der Waals surface area contributed by atoms with Crippen molar-refractivity contribution < 1.29 is 12.8 Å². The minimum absolute atomic E-state index is 0.0590. The molecule has 114 valence electrons. The average Bonchev–Trinajstić information content (AvgIpc) is 2.37. The third-order valence-corrected chi connectivity index (χ3v) is 5.34. The van der Waals surface area contributed by atoms with Gasteiger partial charge in [0.1, 0.15) is 5.82 Å². The Morgan fingerprint density at radius 1 is 1.40 bits per heavy atom. The van der Waals surface area contributed by atoms with Crippen LogP contribution in [0.3, 0.4) is 0 Å². The van der Waals surface area contributed by atoms with Crippen molar-refractivity contribution in [3.8, 4) is 0 Å². The molecule has 0 aliphatic carbocycles. The van der Waals surface area contributed by atoms with Gasteiger partial charge in [-0.15, -0.1) is 0 Å². The normalized spacial score (nSPS) is 15.1. The highest BCUT2D eigenvalue weighted by atomic mass is 35.5. The van der Waals surface area contributed by atoms with Crippen LogP contribution in [0.25, 0.3) is 0 Å². The van der Waals surface area contributed by atoms with Gasteiger partial charge in [-0.2, -0.15) is 0 Å². The molecule has 0 aliphatic rings. The Hall–Kier alpha value is -0.650. The van der Waals surface area contributed by atoms with Gasteiger partial charge in [-0.1, -0.05) is 30.7 Å². The van der Waals surface area contributed by atoms with E-state index in [1.54, 1.807) is 19.1 Å². The summed E-state index contributed by atoms with van der Waals surface area (Å²) >= 11 is 5.76. The molecule has 20 heavy (non-hydrogen) atoms. The van der Waals surface area contributed by atoms with Crippen LogP contribution in [0.4, 0.5) is 4.39 Å². The molecule has 3 nitrogen and oxygen atoms in total. The van der Waals surface area contributed by atoms with Gasteiger partial charge >= 0.3 is 0 Å². The summed E-state index contributed by atoms with van der Waals surface area (Å²) in [5.74, 6) is -0.474. The summed E-state index contributed by atoms with van der Waals surface area (Å²) in [4.78, 5) is 0. The van der Waals surface area contributed by atoms with E-state index in [1.807, 2.05) is 6.92 Å². The molecule has 0 fully saturated rings. The fourth-order valence-electron chi connectivity index (χ4n) is 1.98. The molecule has 0 bridgehead atoms. The number of nitrogens with one attached hydrogen (secondary N) is 1. The predicted octanol–water partition coefficient (Wildman–Crippen LogP) is 2.82. The second kappa shape index (κ2) is 7.38. The third-order valence-electron chi connectivity index (χ3n) is 3.37. The summed E-state index contributed by atoms with van der Waals surface area (Å²) in [5.41, 5.74) is 0.432. The molecule has 0 aromatic heterocycles. The van der Waals surface area contributed by atoms with E-state index in [-0.39, 0.29) is 11.1 Å². The molecular formula is C14H21ClFNO2S. The summed E-state index contributed by atoms with van der Waals surface area (Å²) in [6.45, 7) is 4.33. The van der Waals surface area contributed by atoms with Gasteiger partial charge in [0.15, 0.2) is 9.84 Å². The summed E-state index contributed by atoms with van der Waals surface area (Å²) in [6, 6.07) is 4.45. The Morgan fingerprint density at radius 3 is 2.60 bits per heavy atom. The molecular weight excluding hydrogens is 301 g/mol. The minimum atomic E-state index is -3.19. The summed E-state index contributed by atoms with van der Waals surface area (Å²) in [7, 11) is -3.19. The van der Waals surface area contributed by atoms with Crippen LogP contribution in [0.1, 0.15) is 25.8 Å². The zero-order valence-corrected chi connectivity index (χ0v) is 13.6. The molecule has 2 unspecified atom stereocenters. The first-order valence-electron chi connectivity index (χ1n) is 6.62. The number of sulfone groups is 1. The molecule has 2 atom stereocenters. The number of benzene rings is 1. The van der Waals surface area contributed by atoms with Gasteiger partial charge in [0, 0.05) is 12.3 Å². The molecule has 0 saturated heterocycles. The second-order valence-electron chi connectivity index (χ2n) is 5.01. The van der Waals surface area contributed by atoms with Crippen molar-refractivity contribution in [1.29, 1.82) is 0 Å². The van der Waals surface area contributed by atoms with Gasteiger partial charge in [0.2, 0.25) is 0 Å². The maximum atomic E-state index is 13.9. The topological polar surface area (TPSA) is 46.2 Å². The van der Waals surface area contributed by atoms with Crippen molar-refractivity contribution in [2.24, 2.45) is 0 Å². The van der Waals surface area contributed by atoms with E-state index in [0.717, 1.165) is 6.42 Å². The van der Waals surface area contributed by atoms with Gasteiger partial charge < -0.3 is 5.32 Å². The van der Waals surface area contributed by atoms with E-state index in [2.05, 4.69) is 5.32 Å². The average molecular weight is 322 g/mol. The third kappa shape index (κ3) is 4.72. The Labute approximate surface area is 125 Å². The zero-order valence-electron chi connectivity index (χ0n) is 12.0. The largest absolute Gasteiger partial charge is 0.312 e. The maximum Gasteiger partial charge on any atom is 0.151 e. The Morgan fingerprint density at radius 2 is 2.05 bits per heavy atom. The van der Waals surface area contributed by atoms with E-state index in [9.17, 15) is 12.8 Å². The lowest BCUT2D eigenvalue weighted by atomic mass is 10.0. The van der Waals surface area contributed by atoms with Crippen LogP contribution < -0.4 is 5.32 Å². The van der Waals surface area contributed by atoms with Gasteiger partial charge in [0.25, 0.3) is 0 Å². The first-order valence-corrected chi connectivity index (χ1v) is 8.95. The van der Waals surface area contributed by atoms with Gasteiger partial charge in [-0.3, -0.25) is 0 Å². The van der Waals surface area contributed by atoms with Crippen LogP contribution >= 0.6 is 11.6 Å². The minimum Gasteiger partial charge on any atom is -0.312 e. The fraction of sp³-hybridized carbons (Fsp3) is 0.571. The standard InChI is InChI=1S/C14H21ClFNO2S/c1-4-8-17-13(10(2)20(3,18)19)9-11-6-5-7-12(15)14(11)16/h5-7,10,13,17H,4,8-9H2,1-3H3. The molecule has 1 aromatic rings. The van der Waals surface area contributed by atoms with Crippen LogP contribution in [0, 0.1) is 5.82 Å². The van der Waals surface area contributed by atoms with Crippen molar-refractivity contribution in [2.75, 3.05) is 12.8 Å². The van der Waals surface area contributed by atoms with Gasteiger partial charge in [-0.05, 0) is 37.9 Å². The molecule has 0 amide bonds. The van der Waals surface area contributed by atoms with Gasteiger partial charge in [0.05, 0.1) is 10.3 Å². The molecule has 1 rings (SSSR count). The van der Waals surface area contributed by atoms with Crippen LogP contribution in [-0.4, -0.2) is 32.5 Å². The van der Waals surface area contributed by atoms with Crippen LogP contribution in [0.5, 0.6) is 0 Å². The highest BCUT2D eigenvalue weighted by Gasteiger charge is 2.26. The smallest absolute Gasteiger partial charge is 0.151 e.